The Kier molecular flexibility index (Phi) is 4.04. The maximum Gasteiger partial charge on any atom is 0.123 e. The lowest BCUT2D eigenvalue weighted by Crippen LogP contribution is -2.13. The van der Waals surface area contributed by atoms with E-state index in [0.717, 1.165) is 27.2 Å². The van der Waals surface area contributed by atoms with Crippen molar-refractivity contribution in [1.82, 2.24) is 0 Å². The molecule has 0 amide bonds. The Morgan fingerprint density at radius 1 is 1.39 bits per heavy atom. The molecular formula is C13H13BrN2OS. The number of nitrogens with two attached hydrogens (primary N) is 1. The maximum atomic E-state index is 5.70. The Bertz CT molecular complexity index is 580. The Morgan fingerprint density at radius 3 is 2.78 bits per heavy atom. The average Bonchev–Trinajstić information content (AvgIpc) is 2.73. The molecule has 5 heteroatoms. The fraction of sp³-hybridized carbons (Fsp3) is 0.154. The van der Waals surface area contributed by atoms with Crippen molar-refractivity contribution in [3.8, 4) is 0 Å². The number of hydrogen-bond acceptors (Lipinski definition) is 3. The highest BCUT2D eigenvalue weighted by Crippen LogP contribution is 2.22. The van der Waals surface area contributed by atoms with E-state index in [1.165, 1.54) is 0 Å². The summed E-state index contributed by atoms with van der Waals surface area (Å²) in [5.74, 6) is 1.78. The third-order valence-corrected chi connectivity index (χ3v) is 3.21. The number of anilines is 1. The molecule has 0 bridgehead atoms. The van der Waals surface area contributed by atoms with Crippen LogP contribution in [0.1, 0.15) is 17.1 Å². The van der Waals surface area contributed by atoms with E-state index in [9.17, 15) is 0 Å². The number of furan rings is 1. The fourth-order valence-corrected chi connectivity index (χ4v) is 2.17. The standard InChI is InChI=1S/C13H13BrN2OS/c1-8-2-4-10(17-8)7-16-12-5-3-9(14)6-11(12)13(15)18/h2-6,16H,7H2,1H3,(H2,15,18). The molecule has 0 saturated heterocycles. The van der Waals surface area contributed by atoms with Gasteiger partial charge in [0.05, 0.1) is 6.54 Å². The van der Waals surface area contributed by atoms with Crippen molar-refractivity contribution in [2.75, 3.05) is 5.32 Å². The minimum absolute atomic E-state index is 0.370. The average molecular weight is 325 g/mol. The summed E-state index contributed by atoms with van der Waals surface area (Å²) in [6.07, 6.45) is 0. The van der Waals surface area contributed by atoms with Gasteiger partial charge in [0.15, 0.2) is 0 Å². The smallest absolute Gasteiger partial charge is 0.123 e. The molecule has 94 valence electrons. The molecule has 0 saturated carbocycles. The van der Waals surface area contributed by atoms with Gasteiger partial charge in [0, 0.05) is 15.7 Å². The quantitative estimate of drug-likeness (QED) is 0.844. The molecule has 0 atom stereocenters. The molecule has 1 heterocycles. The van der Waals surface area contributed by atoms with E-state index in [4.69, 9.17) is 22.4 Å². The number of halogens is 1. The minimum Gasteiger partial charge on any atom is -0.465 e. The van der Waals surface area contributed by atoms with Crippen LogP contribution >= 0.6 is 28.1 Å². The van der Waals surface area contributed by atoms with E-state index in [2.05, 4.69) is 21.2 Å². The number of rotatable bonds is 4. The first-order chi connectivity index (χ1) is 8.56. The lowest BCUT2D eigenvalue weighted by molar-refractivity contribution is 0.490. The van der Waals surface area contributed by atoms with Gasteiger partial charge in [-0.3, -0.25) is 0 Å². The molecule has 18 heavy (non-hydrogen) atoms. The van der Waals surface area contributed by atoms with Crippen LogP contribution in [0, 0.1) is 6.92 Å². The van der Waals surface area contributed by atoms with E-state index in [1.54, 1.807) is 0 Å². The number of nitrogens with one attached hydrogen (secondary N) is 1. The SMILES string of the molecule is Cc1ccc(CNc2ccc(Br)cc2C(N)=S)o1. The molecule has 0 unspecified atom stereocenters. The molecule has 0 aliphatic carbocycles. The second kappa shape index (κ2) is 5.54. The van der Waals surface area contributed by atoms with Crippen molar-refractivity contribution in [1.29, 1.82) is 0 Å². The zero-order valence-electron chi connectivity index (χ0n) is 9.87. The van der Waals surface area contributed by atoms with Crippen LogP contribution in [0.4, 0.5) is 5.69 Å². The molecule has 1 aromatic carbocycles. The number of aryl methyl sites for hydroxylation is 1. The summed E-state index contributed by atoms with van der Waals surface area (Å²) in [5, 5.41) is 3.27. The first kappa shape index (κ1) is 13.1. The molecule has 3 N–H and O–H groups in total. The molecule has 3 nitrogen and oxygen atoms in total. The Hall–Kier alpha value is -1.33. The first-order valence-corrected chi connectivity index (χ1v) is 6.65. The highest BCUT2D eigenvalue weighted by molar-refractivity contribution is 9.10. The van der Waals surface area contributed by atoms with Crippen molar-refractivity contribution >= 4 is 38.8 Å². The van der Waals surface area contributed by atoms with E-state index in [1.807, 2.05) is 37.3 Å². The lowest BCUT2D eigenvalue weighted by atomic mass is 10.2. The van der Waals surface area contributed by atoms with Crippen molar-refractivity contribution in [2.45, 2.75) is 13.5 Å². The lowest BCUT2D eigenvalue weighted by Gasteiger charge is -2.10. The van der Waals surface area contributed by atoms with Crippen LogP contribution < -0.4 is 11.1 Å². The van der Waals surface area contributed by atoms with E-state index in [-0.39, 0.29) is 0 Å². The van der Waals surface area contributed by atoms with Gasteiger partial charge in [0.1, 0.15) is 16.5 Å². The van der Waals surface area contributed by atoms with Gasteiger partial charge in [-0.25, -0.2) is 0 Å². The summed E-state index contributed by atoms with van der Waals surface area (Å²) in [7, 11) is 0. The number of thiocarbonyl (C=S) groups is 1. The molecule has 0 fully saturated rings. The van der Waals surface area contributed by atoms with Crippen molar-refractivity contribution in [3.63, 3.8) is 0 Å². The van der Waals surface area contributed by atoms with E-state index >= 15 is 0 Å². The molecule has 0 aliphatic heterocycles. The van der Waals surface area contributed by atoms with Gasteiger partial charge in [-0.15, -0.1) is 0 Å². The molecule has 0 radical (unpaired) electrons. The molecular weight excluding hydrogens is 312 g/mol. The predicted octanol–water partition coefficient (Wildman–Crippen LogP) is 3.60. The van der Waals surface area contributed by atoms with E-state index < -0.39 is 0 Å². The summed E-state index contributed by atoms with van der Waals surface area (Å²) in [6.45, 7) is 2.52. The van der Waals surface area contributed by atoms with Crippen LogP contribution in [0.15, 0.2) is 39.2 Å². The molecule has 2 rings (SSSR count). The molecule has 2 aromatic rings. The highest BCUT2D eigenvalue weighted by Gasteiger charge is 2.06. The topological polar surface area (TPSA) is 51.2 Å². The summed E-state index contributed by atoms with van der Waals surface area (Å²) in [5.41, 5.74) is 7.43. The second-order valence-electron chi connectivity index (χ2n) is 3.92. The van der Waals surface area contributed by atoms with Gasteiger partial charge in [-0.2, -0.15) is 0 Å². The zero-order valence-corrected chi connectivity index (χ0v) is 12.3. The normalized spacial score (nSPS) is 10.3. The predicted molar refractivity (Wildman–Crippen MR) is 80.8 cm³/mol. The van der Waals surface area contributed by atoms with Crippen LogP contribution in [-0.2, 0) is 6.54 Å². The van der Waals surface area contributed by atoms with Gasteiger partial charge < -0.3 is 15.5 Å². The third-order valence-electron chi connectivity index (χ3n) is 2.50. The molecule has 0 aliphatic rings. The maximum absolute atomic E-state index is 5.70. The second-order valence-corrected chi connectivity index (χ2v) is 5.28. The van der Waals surface area contributed by atoms with Crippen LogP contribution in [0.2, 0.25) is 0 Å². The summed E-state index contributed by atoms with van der Waals surface area (Å²) in [4.78, 5) is 0.370. The van der Waals surface area contributed by atoms with Crippen LogP contribution in [-0.4, -0.2) is 4.99 Å². The first-order valence-electron chi connectivity index (χ1n) is 5.45. The summed E-state index contributed by atoms with van der Waals surface area (Å²) in [6, 6.07) is 9.67. The van der Waals surface area contributed by atoms with Crippen molar-refractivity contribution in [3.05, 3.63) is 51.9 Å². The van der Waals surface area contributed by atoms with Crippen LogP contribution in [0.3, 0.4) is 0 Å². The fourth-order valence-electron chi connectivity index (χ4n) is 1.64. The van der Waals surface area contributed by atoms with Gasteiger partial charge in [-0.05, 0) is 37.3 Å². The van der Waals surface area contributed by atoms with Crippen molar-refractivity contribution in [2.24, 2.45) is 5.73 Å². The largest absolute Gasteiger partial charge is 0.465 e. The Morgan fingerprint density at radius 2 is 2.17 bits per heavy atom. The van der Waals surface area contributed by atoms with Crippen molar-refractivity contribution < 1.29 is 4.42 Å². The zero-order chi connectivity index (χ0) is 13.1. The third kappa shape index (κ3) is 3.11. The minimum atomic E-state index is 0.370. The number of hydrogen-bond donors (Lipinski definition) is 2. The van der Waals surface area contributed by atoms with Crippen LogP contribution in [0.5, 0.6) is 0 Å². The molecule has 1 aromatic heterocycles. The van der Waals surface area contributed by atoms with E-state index in [0.29, 0.717) is 11.5 Å². The van der Waals surface area contributed by atoms with Gasteiger partial charge in [-0.1, -0.05) is 28.1 Å². The van der Waals surface area contributed by atoms with Gasteiger partial charge in [0.25, 0.3) is 0 Å². The van der Waals surface area contributed by atoms with Crippen LogP contribution in [0.25, 0.3) is 0 Å². The Balaban J connectivity index is 2.16. The summed E-state index contributed by atoms with van der Waals surface area (Å²) < 4.78 is 6.44. The molecule has 0 spiro atoms. The van der Waals surface area contributed by atoms with Gasteiger partial charge in [0.2, 0.25) is 0 Å². The highest BCUT2D eigenvalue weighted by atomic mass is 79.9. The summed E-state index contributed by atoms with van der Waals surface area (Å²) >= 11 is 8.44. The number of benzene rings is 1. The van der Waals surface area contributed by atoms with Gasteiger partial charge >= 0.3 is 0 Å². The Labute approximate surface area is 119 Å². The monoisotopic (exact) mass is 324 g/mol.